The summed E-state index contributed by atoms with van der Waals surface area (Å²) in [5.41, 5.74) is 3.77. The van der Waals surface area contributed by atoms with Crippen LogP contribution in [0.2, 0.25) is 0 Å². The largest absolute Gasteiger partial charge is 1.00 e. The highest BCUT2D eigenvalue weighted by Crippen LogP contribution is 2.44. The third-order valence-electron chi connectivity index (χ3n) is 7.38. The van der Waals surface area contributed by atoms with Gasteiger partial charge in [0, 0.05) is 11.1 Å². The van der Waals surface area contributed by atoms with Crippen molar-refractivity contribution in [1.82, 2.24) is 4.57 Å². The monoisotopic (exact) mass is 664 g/mol. The van der Waals surface area contributed by atoms with Crippen LogP contribution in [0.25, 0.3) is 38.4 Å². The van der Waals surface area contributed by atoms with Gasteiger partial charge >= 0.3 is 0 Å². The van der Waals surface area contributed by atoms with E-state index in [9.17, 15) is 0 Å². The van der Waals surface area contributed by atoms with Crippen molar-refractivity contribution in [2.24, 2.45) is 7.05 Å². The highest BCUT2D eigenvalue weighted by atomic mass is 127. The Balaban J connectivity index is 0.00000169. The second-order valence-electron chi connectivity index (χ2n) is 9.85. The van der Waals surface area contributed by atoms with Crippen LogP contribution in [-0.4, -0.2) is 10.0 Å². The first kappa shape index (κ1) is 28.7. The lowest BCUT2D eigenvalue weighted by atomic mass is 9.92. The van der Waals surface area contributed by atoms with Gasteiger partial charge in [-0.2, -0.15) is 0 Å². The van der Waals surface area contributed by atoms with Crippen molar-refractivity contribution in [3.8, 4) is 16.8 Å². The number of nitrogens with zero attached hydrogens (tertiary/aromatic N) is 2. The predicted octanol–water partition coefficient (Wildman–Crippen LogP) is 3.21. The van der Waals surface area contributed by atoms with Crippen molar-refractivity contribution in [3.05, 3.63) is 152 Å². The van der Waals surface area contributed by atoms with Crippen LogP contribution in [-0.2, 0) is 7.05 Å². The van der Waals surface area contributed by atoms with Crippen molar-refractivity contribution in [3.63, 3.8) is 0 Å². The molecule has 3 nitrogen and oxygen atoms in total. The number of benzene rings is 6. The van der Waals surface area contributed by atoms with Crippen LogP contribution in [0, 0.1) is 0 Å². The highest BCUT2D eigenvalue weighted by molar-refractivity contribution is 7.80. The summed E-state index contributed by atoms with van der Waals surface area (Å²) in [5.74, 6) is 0. The summed E-state index contributed by atoms with van der Waals surface area (Å²) in [4.78, 5) is 0. The maximum atomic E-state index is 2.38. The Morgan fingerprint density at radius 2 is 1.07 bits per heavy atom. The fraction of sp³-hybridized carbons (Fsp3) is 0.0278. The second-order valence-corrected chi connectivity index (χ2v) is 12.0. The normalized spacial score (nSPS) is 10.9. The molecule has 7 aromatic rings. The van der Waals surface area contributed by atoms with E-state index in [-0.39, 0.29) is 29.5 Å². The molecule has 5 heteroatoms. The standard InChI is InChI=1S/C36H28N2P.HI.H2O/c1-37-24-25-38(26-37)33-22-20-27-12-8-10-18-31(27)35(33)36-32-19-11-9-13-28(32)21-23-34(36)39(29-14-4-2-5-15-29)30-16-6-3-7-17-30;;/h2-26H,1H3;1H;1H2/q+1;;/p-1. The van der Waals surface area contributed by atoms with E-state index in [2.05, 4.69) is 168 Å². The molecule has 0 bridgehead atoms. The van der Waals surface area contributed by atoms with Crippen LogP contribution in [0.1, 0.15) is 0 Å². The molecule has 41 heavy (non-hydrogen) atoms. The van der Waals surface area contributed by atoms with Crippen LogP contribution < -0.4 is 44.5 Å². The van der Waals surface area contributed by atoms with Crippen molar-refractivity contribution in [1.29, 1.82) is 0 Å². The summed E-state index contributed by atoms with van der Waals surface area (Å²) in [6.45, 7) is 0. The lowest BCUT2D eigenvalue weighted by Crippen LogP contribution is -3.00. The van der Waals surface area contributed by atoms with Gasteiger partial charge in [-0.05, 0) is 51.4 Å². The molecule has 0 saturated carbocycles. The van der Waals surface area contributed by atoms with Gasteiger partial charge in [0.05, 0.1) is 7.05 Å². The summed E-state index contributed by atoms with van der Waals surface area (Å²) in [7, 11) is 1.26. The van der Waals surface area contributed by atoms with Crippen LogP contribution >= 0.6 is 7.92 Å². The Hall–Kier alpha value is -3.83. The predicted molar refractivity (Wildman–Crippen MR) is 170 cm³/mol. The lowest BCUT2D eigenvalue weighted by Gasteiger charge is -2.25. The van der Waals surface area contributed by atoms with E-state index in [1.54, 1.807) is 0 Å². The molecular formula is C36H30IN2OP. The third kappa shape index (κ3) is 5.31. The fourth-order valence-corrected chi connectivity index (χ4v) is 8.10. The zero-order valence-electron chi connectivity index (χ0n) is 22.7. The molecule has 1 heterocycles. The van der Waals surface area contributed by atoms with Gasteiger partial charge in [0.15, 0.2) is 0 Å². The average molecular weight is 665 g/mol. The number of halogens is 1. The third-order valence-corrected chi connectivity index (χ3v) is 9.86. The number of aromatic nitrogens is 2. The molecule has 0 aliphatic carbocycles. The van der Waals surface area contributed by atoms with Crippen molar-refractivity contribution < 1.29 is 34.0 Å². The molecule has 1 aromatic heterocycles. The zero-order valence-corrected chi connectivity index (χ0v) is 25.7. The van der Waals surface area contributed by atoms with E-state index in [0.29, 0.717) is 0 Å². The summed E-state index contributed by atoms with van der Waals surface area (Å²) >= 11 is 0. The van der Waals surface area contributed by atoms with Gasteiger partial charge < -0.3 is 29.5 Å². The molecule has 0 unspecified atom stereocenters. The number of aryl methyl sites for hydroxylation is 1. The first-order valence-electron chi connectivity index (χ1n) is 13.3. The number of rotatable bonds is 5. The van der Waals surface area contributed by atoms with Gasteiger partial charge in [-0.1, -0.05) is 127 Å². The summed E-state index contributed by atoms with van der Waals surface area (Å²) in [6.07, 6.45) is 6.40. The molecule has 0 aliphatic heterocycles. The van der Waals surface area contributed by atoms with E-state index < -0.39 is 7.92 Å². The Labute approximate surface area is 258 Å². The molecule has 6 aromatic carbocycles. The Morgan fingerprint density at radius 3 is 1.63 bits per heavy atom. The zero-order chi connectivity index (χ0) is 26.2. The van der Waals surface area contributed by atoms with E-state index in [1.807, 2.05) is 0 Å². The maximum Gasteiger partial charge on any atom is 0.248 e. The molecule has 0 saturated heterocycles. The SMILES string of the molecule is C[n+]1ccn(-c2ccc3ccccc3c2-c2c(P(c3ccccc3)c3ccccc3)ccc3ccccc23)c1.O.[I-]. The van der Waals surface area contributed by atoms with Crippen LogP contribution in [0.3, 0.4) is 0 Å². The molecular weight excluding hydrogens is 634 g/mol. The average Bonchev–Trinajstić information content (AvgIpc) is 3.44. The molecule has 0 spiro atoms. The topological polar surface area (TPSA) is 40.3 Å². The summed E-state index contributed by atoms with van der Waals surface area (Å²) in [6, 6.07) is 48.8. The molecule has 0 aliphatic rings. The van der Waals surface area contributed by atoms with Crippen molar-refractivity contribution >= 4 is 45.4 Å². The minimum atomic E-state index is -0.810. The molecule has 0 atom stereocenters. The van der Waals surface area contributed by atoms with Crippen molar-refractivity contribution in [2.45, 2.75) is 0 Å². The summed E-state index contributed by atoms with van der Waals surface area (Å²) < 4.78 is 4.35. The molecule has 0 radical (unpaired) electrons. The van der Waals surface area contributed by atoms with Gasteiger partial charge in [0.25, 0.3) is 0 Å². The van der Waals surface area contributed by atoms with Gasteiger partial charge in [0.1, 0.15) is 18.1 Å². The van der Waals surface area contributed by atoms with Crippen molar-refractivity contribution in [2.75, 3.05) is 0 Å². The minimum Gasteiger partial charge on any atom is -1.00 e. The Morgan fingerprint density at radius 1 is 0.561 bits per heavy atom. The van der Waals surface area contributed by atoms with E-state index >= 15 is 0 Å². The second kappa shape index (κ2) is 12.4. The van der Waals surface area contributed by atoms with E-state index in [4.69, 9.17) is 0 Å². The van der Waals surface area contributed by atoms with E-state index in [0.717, 1.165) is 0 Å². The smallest absolute Gasteiger partial charge is 0.248 e. The quantitative estimate of drug-likeness (QED) is 0.154. The van der Waals surface area contributed by atoms with Crippen LogP contribution in [0.4, 0.5) is 0 Å². The van der Waals surface area contributed by atoms with E-state index in [1.165, 1.54) is 54.3 Å². The maximum absolute atomic E-state index is 2.38. The first-order chi connectivity index (χ1) is 19.3. The number of hydrogen-bond acceptors (Lipinski definition) is 0. The molecule has 7 rings (SSSR count). The lowest BCUT2D eigenvalue weighted by molar-refractivity contribution is -0.670. The summed E-state index contributed by atoms with van der Waals surface area (Å²) in [5, 5.41) is 9.12. The fourth-order valence-electron chi connectivity index (χ4n) is 5.62. The molecule has 0 amide bonds. The highest BCUT2D eigenvalue weighted by Gasteiger charge is 2.26. The van der Waals surface area contributed by atoms with Gasteiger partial charge in [0.2, 0.25) is 6.33 Å². The molecule has 202 valence electrons. The number of imidazole rings is 1. The van der Waals surface area contributed by atoms with Gasteiger partial charge in [-0.15, -0.1) is 0 Å². The van der Waals surface area contributed by atoms with Crippen LogP contribution in [0.15, 0.2) is 152 Å². The molecule has 2 N–H and O–H groups in total. The Kier molecular flexibility index (Phi) is 8.65. The van der Waals surface area contributed by atoms with Gasteiger partial charge in [-0.25, -0.2) is 9.13 Å². The first-order valence-corrected chi connectivity index (χ1v) is 14.6. The minimum absolute atomic E-state index is 0. The number of hydrogen-bond donors (Lipinski definition) is 0. The van der Waals surface area contributed by atoms with Gasteiger partial charge in [-0.3, -0.25) is 0 Å². The van der Waals surface area contributed by atoms with Crippen LogP contribution in [0.5, 0.6) is 0 Å². The Bertz CT molecular complexity index is 1900. The molecule has 0 fully saturated rings. The number of fused-ring (bicyclic) bond motifs is 2.